The van der Waals surface area contributed by atoms with Crippen LogP contribution in [0.25, 0.3) is 0 Å². The number of aromatic nitrogens is 2. The van der Waals surface area contributed by atoms with Gasteiger partial charge in [0.25, 0.3) is 5.69 Å². The van der Waals surface area contributed by atoms with Crippen LogP contribution in [0.1, 0.15) is 43.1 Å². The van der Waals surface area contributed by atoms with E-state index in [2.05, 4.69) is 21.8 Å². The first-order valence-corrected chi connectivity index (χ1v) is 10.1. The van der Waals surface area contributed by atoms with E-state index >= 15 is 0 Å². The van der Waals surface area contributed by atoms with Crippen LogP contribution < -0.4 is 5.32 Å². The molecule has 2 aromatic rings. The molecule has 3 rings (SSSR count). The second-order valence-electron chi connectivity index (χ2n) is 6.63. The minimum atomic E-state index is -0.527. The lowest BCUT2D eigenvalue weighted by Gasteiger charge is -2.17. The monoisotopic (exact) mass is 408 g/mol. The zero-order chi connectivity index (χ0) is 19.6. The van der Waals surface area contributed by atoms with Crippen LogP contribution in [0.15, 0.2) is 23.4 Å². The highest BCUT2D eigenvalue weighted by Gasteiger charge is 2.23. The Morgan fingerprint density at radius 1 is 1.41 bits per heavy atom. The predicted octanol–water partition coefficient (Wildman–Crippen LogP) is 4.91. The molecule has 7 nitrogen and oxygen atoms in total. The molecule has 1 N–H and O–H groups in total. The van der Waals surface area contributed by atoms with Crippen LogP contribution in [-0.2, 0) is 4.79 Å². The number of imidazole rings is 1. The van der Waals surface area contributed by atoms with Crippen LogP contribution >= 0.6 is 23.4 Å². The standard InChI is InChI=1S/C18H21ClN4O3S/c1-11-12(2)22(13-5-3-4-6-13)18(20-11)27-10-17(24)21-16-8-7-14(23(25)26)9-15(16)19/h7-9,13H,3-6,10H2,1-2H3,(H,21,24). The summed E-state index contributed by atoms with van der Waals surface area (Å²) in [4.78, 5) is 27.2. The van der Waals surface area contributed by atoms with Crippen molar-refractivity contribution in [1.82, 2.24) is 9.55 Å². The van der Waals surface area contributed by atoms with Gasteiger partial charge in [0.15, 0.2) is 5.16 Å². The Hall–Kier alpha value is -2.06. The molecule has 1 aromatic heterocycles. The number of thioether (sulfide) groups is 1. The van der Waals surface area contributed by atoms with Gasteiger partial charge >= 0.3 is 0 Å². The molecule has 27 heavy (non-hydrogen) atoms. The Labute approximate surface area is 166 Å². The summed E-state index contributed by atoms with van der Waals surface area (Å²) in [5.74, 6) is -0.0392. The summed E-state index contributed by atoms with van der Waals surface area (Å²) in [6.07, 6.45) is 4.75. The van der Waals surface area contributed by atoms with E-state index in [0.29, 0.717) is 11.7 Å². The summed E-state index contributed by atoms with van der Waals surface area (Å²) in [6, 6.07) is 4.44. The van der Waals surface area contributed by atoms with Gasteiger partial charge < -0.3 is 9.88 Å². The molecule has 1 aliphatic carbocycles. The van der Waals surface area contributed by atoms with E-state index in [0.717, 1.165) is 29.4 Å². The first-order chi connectivity index (χ1) is 12.9. The van der Waals surface area contributed by atoms with Crippen molar-refractivity contribution >= 4 is 40.6 Å². The first kappa shape index (κ1) is 19.7. The summed E-state index contributed by atoms with van der Waals surface area (Å²) in [5.41, 5.74) is 2.39. The summed E-state index contributed by atoms with van der Waals surface area (Å²) in [6.45, 7) is 4.06. The van der Waals surface area contributed by atoms with Gasteiger partial charge in [-0.1, -0.05) is 36.2 Å². The van der Waals surface area contributed by atoms with Crippen molar-refractivity contribution in [2.45, 2.75) is 50.7 Å². The fourth-order valence-corrected chi connectivity index (χ4v) is 4.51. The molecule has 1 aliphatic rings. The number of amides is 1. The van der Waals surface area contributed by atoms with Crippen molar-refractivity contribution in [2.24, 2.45) is 0 Å². The van der Waals surface area contributed by atoms with Gasteiger partial charge in [-0.05, 0) is 32.8 Å². The Morgan fingerprint density at radius 2 is 2.11 bits per heavy atom. The van der Waals surface area contributed by atoms with E-state index < -0.39 is 4.92 Å². The second-order valence-corrected chi connectivity index (χ2v) is 7.98. The fourth-order valence-electron chi connectivity index (χ4n) is 3.33. The topological polar surface area (TPSA) is 90.1 Å². The van der Waals surface area contributed by atoms with Gasteiger partial charge in [0.2, 0.25) is 5.91 Å². The van der Waals surface area contributed by atoms with Crippen molar-refractivity contribution in [3.63, 3.8) is 0 Å². The fraction of sp³-hybridized carbons (Fsp3) is 0.444. The van der Waals surface area contributed by atoms with Crippen molar-refractivity contribution in [2.75, 3.05) is 11.1 Å². The lowest BCUT2D eigenvalue weighted by Crippen LogP contribution is -2.15. The molecule has 1 heterocycles. The number of anilines is 1. The largest absolute Gasteiger partial charge is 0.324 e. The van der Waals surface area contributed by atoms with Crippen LogP contribution in [0, 0.1) is 24.0 Å². The number of carbonyl (C=O) groups is 1. The molecule has 0 radical (unpaired) electrons. The number of nitrogens with one attached hydrogen (secondary N) is 1. The summed E-state index contributed by atoms with van der Waals surface area (Å²) in [5, 5.41) is 14.5. The van der Waals surface area contributed by atoms with E-state index in [1.807, 2.05) is 6.92 Å². The lowest BCUT2D eigenvalue weighted by atomic mass is 10.2. The SMILES string of the molecule is Cc1nc(SCC(=O)Nc2ccc([N+](=O)[O-])cc2Cl)n(C2CCCC2)c1C. The molecule has 1 saturated carbocycles. The maximum atomic E-state index is 12.3. The summed E-state index contributed by atoms with van der Waals surface area (Å²) in [7, 11) is 0. The van der Waals surface area contributed by atoms with Crippen molar-refractivity contribution in [3.05, 3.63) is 44.7 Å². The van der Waals surface area contributed by atoms with Crippen LogP contribution in [0.4, 0.5) is 11.4 Å². The third-order valence-electron chi connectivity index (χ3n) is 4.81. The van der Waals surface area contributed by atoms with Crippen LogP contribution in [0.2, 0.25) is 5.02 Å². The second kappa shape index (κ2) is 8.31. The number of hydrogen-bond donors (Lipinski definition) is 1. The highest BCUT2D eigenvalue weighted by atomic mass is 35.5. The maximum absolute atomic E-state index is 12.3. The zero-order valence-electron chi connectivity index (χ0n) is 15.2. The molecule has 1 amide bonds. The first-order valence-electron chi connectivity index (χ1n) is 8.79. The highest BCUT2D eigenvalue weighted by Crippen LogP contribution is 2.35. The smallest absolute Gasteiger partial charge is 0.271 e. The van der Waals surface area contributed by atoms with Crippen LogP contribution in [0.3, 0.4) is 0 Å². The molecule has 1 aromatic carbocycles. The van der Waals surface area contributed by atoms with E-state index in [-0.39, 0.29) is 22.4 Å². The van der Waals surface area contributed by atoms with Gasteiger partial charge in [0.1, 0.15) is 0 Å². The molecule has 0 spiro atoms. The Morgan fingerprint density at radius 3 is 2.74 bits per heavy atom. The van der Waals surface area contributed by atoms with Crippen molar-refractivity contribution in [1.29, 1.82) is 0 Å². The van der Waals surface area contributed by atoms with Crippen molar-refractivity contribution < 1.29 is 9.72 Å². The summed E-state index contributed by atoms with van der Waals surface area (Å²) < 4.78 is 2.26. The molecule has 0 saturated heterocycles. The molecule has 1 fully saturated rings. The van der Waals surface area contributed by atoms with Gasteiger partial charge in [0, 0.05) is 23.9 Å². The summed E-state index contributed by atoms with van der Waals surface area (Å²) >= 11 is 7.43. The van der Waals surface area contributed by atoms with Gasteiger partial charge in [-0.3, -0.25) is 14.9 Å². The zero-order valence-corrected chi connectivity index (χ0v) is 16.8. The number of benzene rings is 1. The Balaban J connectivity index is 1.66. The minimum absolute atomic E-state index is 0.114. The number of aryl methyl sites for hydroxylation is 1. The molecular formula is C18H21ClN4O3S. The number of rotatable bonds is 6. The number of nitro groups is 1. The Bertz CT molecular complexity index is 878. The van der Waals surface area contributed by atoms with E-state index in [9.17, 15) is 14.9 Å². The number of hydrogen-bond acceptors (Lipinski definition) is 5. The predicted molar refractivity (Wildman–Crippen MR) is 107 cm³/mol. The molecule has 0 aliphatic heterocycles. The molecule has 144 valence electrons. The van der Waals surface area contributed by atoms with E-state index in [4.69, 9.17) is 11.6 Å². The van der Waals surface area contributed by atoms with Crippen LogP contribution in [-0.4, -0.2) is 26.1 Å². The number of nitro benzene ring substituents is 1. The highest BCUT2D eigenvalue weighted by molar-refractivity contribution is 7.99. The minimum Gasteiger partial charge on any atom is -0.324 e. The average molecular weight is 409 g/mol. The third-order valence-corrected chi connectivity index (χ3v) is 6.08. The molecule has 0 bridgehead atoms. The average Bonchev–Trinajstić information content (AvgIpc) is 3.23. The van der Waals surface area contributed by atoms with Gasteiger partial charge in [-0.2, -0.15) is 0 Å². The van der Waals surface area contributed by atoms with E-state index in [1.54, 1.807) is 0 Å². The quantitative estimate of drug-likeness (QED) is 0.416. The maximum Gasteiger partial charge on any atom is 0.271 e. The number of nitrogens with zero attached hydrogens (tertiary/aromatic N) is 3. The Kier molecular flexibility index (Phi) is 6.06. The molecule has 9 heteroatoms. The number of non-ortho nitro benzene ring substituents is 1. The molecule has 0 unspecified atom stereocenters. The van der Waals surface area contributed by atoms with Gasteiger partial charge in [0.05, 0.1) is 27.1 Å². The van der Waals surface area contributed by atoms with Gasteiger partial charge in [-0.25, -0.2) is 4.98 Å². The molecular weight excluding hydrogens is 388 g/mol. The lowest BCUT2D eigenvalue weighted by molar-refractivity contribution is -0.384. The van der Waals surface area contributed by atoms with Gasteiger partial charge in [-0.15, -0.1) is 0 Å². The van der Waals surface area contributed by atoms with E-state index in [1.165, 1.54) is 42.8 Å². The van der Waals surface area contributed by atoms with Crippen LogP contribution in [0.5, 0.6) is 0 Å². The number of halogens is 1. The molecule has 0 atom stereocenters. The third kappa shape index (κ3) is 4.44. The van der Waals surface area contributed by atoms with Crippen molar-refractivity contribution in [3.8, 4) is 0 Å². The number of carbonyl (C=O) groups excluding carboxylic acids is 1. The normalized spacial score (nSPS) is 14.5.